The van der Waals surface area contributed by atoms with Crippen LogP contribution in [0.3, 0.4) is 0 Å². The number of aliphatic carboxylic acids is 1. The summed E-state index contributed by atoms with van der Waals surface area (Å²) in [5.74, 6) is -1.29. The molecule has 0 fully saturated rings. The summed E-state index contributed by atoms with van der Waals surface area (Å²) in [6, 6.07) is 6.78. The van der Waals surface area contributed by atoms with Gasteiger partial charge in [0.05, 0.1) is 12.5 Å². The van der Waals surface area contributed by atoms with E-state index in [0.29, 0.717) is 18.7 Å². The minimum Gasteiger partial charge on any atom is -0.480 e. The van der Waals surface area contributed by atoms with E-state index in [1.54, 1.807) is 11.6 Å². The zero-order chi connectivity index (χ0) is 15.0. The average molecular weight is 285 g/mol. The molecule has 1 aliphatic heterocycles. The lowest BCUT2D eigenvalue weighted by atomic mass is 9.93. The molecule has 0 radical (unpaired) electrons. The maximum atomic E-state index is 12.6. The van der Waals surface area contributed by atoms with Crippen molar-refractivity contribution in [2.24, 2.45) is 7.05 Å². The molecule has 1 amide bonds. The number of imidazole rings is 1. The zero-order valence-corrected chi connectivity index (χ0v) is 11.6. The second-order valence-electron chi connectivity index (χ2n) is 5.15. The molecule has 0 unspecified atom stereocenters. The van der Waals surface area contributed by atoms with Gasteiger partial charge < -0.3 is 14.6 Å². The first-order chi connectivity index (χ1) is 10.1. The topological polar surface area (TPSA) is 75.4 Å². The Labute approximate surface area is 121 Å². The zero-order valence-electron chi connectivity index (χ0n) is 11.6. The maximum absolute atomic E-state index is 12.6. The van der Waals surface area contributed by atoms with Crippen LogP contribution in [0.15, 0.2) is 36.8 Å². The number of hydrogen-bond acceptors (Lipinski definition) is 3. The molecule has 2 aromatic rings. The van der Waals surface area contributed by atoms with Crippen LogP contribution in [0.4, 0.5) is 0 Å². The Balaban J connectivity index is 1.98. The number of nitrogens with zero attached hydrogens (tertiary/aromatic N) is 3. The molecule has 6 heteroatoms. The monoisotopic (exact) mass is 285 g/mol. The third kappa shape index (κ3) is 2.29. The van der Waals surface area contributed by atoms with Crippen molar-refractivity contribution in [1.29, 1.82) is 0 Å². The first-order valence-electron chi connectivity index (χ1n) is 6.65. The van der Waals surface area contributed by atoms with Gasteiger partial charge in [0.15, 0.2) is 0 Å². The van der Waals surface area contributed by atoms with Crippen molar-refractivity contribution < 1.29 is 14.7 Å². The van der Waals surface area contributed by atoms with Crippen molar-refractivity contribution in [3.05, 3.63) is 53.6 Å². The van der Waals surface area contributed by atoms with Crippen LogP contribution < -0.4 is 0 Å². The molecule has 1 atom stereocenters. The van der Waals surface area contributed by atoms with Gasteiger partial charge in [-0.1, -0.05) is 24.3 Å². The fraction of sp³-hybridized carbons (Fsp3) is 0.267. The van der Waals surface area contributed by atoms with Crippen LogP contribution in [0.25, 0.3) is 0 Å². The van der Waals surface area contributed by atoms with E-state index in [1.807, 2.05) is 24.3 Å². The van der Waals surface area contributed by atoms with Gasteiger partial charge >= 0.3 is 5.97 Å². The summed E-state index contributed by atoms with van der Waals surface area (Å²) < 4.78 is 1.60. The summed E-state index contributed by atoms with van der Waals surface area (Å²) >= 11 is 0. The van der Waals surface area contributed by atoms with Crippen LogP contribution in [-0.4, -0.2) is 37.5 Å². The quantitative estimate of drug-likeness (QED) is 0.895. The second-order valence-corrected chi connectivity index (χ2v) is 5.15. The number of rotatable bonds is 2. The Morgan fingerprint density at radius 3 is 2.62 bits per heavy atom. The second kappa shape index (κ2) is 5.05. The number of carbonyl (C=O) groups is 2. The van der Waals surface area contributed by atoms with E-state index in [0.717, 1.165) is 11.1 Å². The predicted molar refractivity (Wildman–Crippen MR) is 74.7 cm³/mol. The molecule has 2 heterocycles. The van der Waals surface area contributed by atoms with Gasteiger partial charge in [-0.05, 0) is 11.1 Å². The van der Waals surface area contributed by atoms with E-state index < -0.39 is 12.0 Å². The molecular formula is C15H15N3O3. The molecule has 1 aromatic carbocycles. The van der Waals surface area contributed by atoms with Crippen molar-refractivity contribution in [2.75, 3.05) is 0 Å². The van der Waals surface area contributed by atoms with Crippen LogP contribution >= 0.6 is 0 Å². The first kappa shape index (κ1) is 13.4. The number of fused-ring (bicyclic) bond motifs is 1. The van der Waals surface area contributed by atoms with Gasteiger partial charge in [0.25, 0.3) is 5.91 Å². The first-order valence-corrected chi connectivity index (χ1v) is 6.65. The van der Waals surface area contributed by atoms with Gasteiger partial charge in [-0.25, -0.2) is 9.78 Å². The van der Waals surface area contributed by atoms with Gasteiger partial charge in [-0.15, -0.1) is 0 Å². The molecule has 21 heavy (non-hydrogen) atoms. The number of carbonyl (C=O) groups excluding carboxylic acids is 1. The van der Waals surface area contributed by atoms with E-state index in [2.05, 4.69) is 4.98 Å². The van der Waals surface area contributed by atoms with Crippen molar-refractivity contribution in [1.82, 2.24) is 14.5 Å². The van der Waals surface area contributed by atoms with Crippen molar-refractivity contribution in [2.45, 2.75) is 19.0 Å². The minimum atomic E-state index is -0.986. The number of carboxylic acid groups (broad SMARTS) is 1. The van der Waals surface area contributed by atoms with E-state index in [-0.39, 0.29) is 5.91 Å². The molecule has 0 aliphatic carbocycles. The summed E-state index contributed by atoms with van der Waals surface area (Å²) in [5.41, 5.74) is 2.37. The van der Waals surface area contributed by atoms with Crippen LogP contribution in [-0.2, 0) is 24.8 Å². The average Bonchev–Trinajstić information content (AvgIpc) is 2.91. The maximum Gasteiger partial charge on any atom is 0.326 e. The lowest BCUT2D eigenvalue weighted by molar-refractivity contribution is -0.142. The third-order valence-corrected chi connectivity index (χ3v) is 3.83. The summed E-state index contributed by atoms with van der Waals surface area (Å²) in [6.45, 7) is 0.303. The lowest BCUT2D eigenvalue weighted by Crippen LogP contribution is -2.49. The molecule has 0 saturated heterocycles. The highest BCUT2D eigenvalue weighted by Crippen LogP contribution is 2.25. The number of amides is 1. The number of hydrogen-bond donors (Lipinski definition) is 1. The molecule has 0 saturated carbocycles. The molecule has 1 N–H and O–H groups in total. The van der Waals surface area contributed by atoms with E-state index >= 15 is 0 Å². The van der Waals surface area contributed by atoms with Crippen LogP contribution in [0, 0.1) is 0 Å². The SMILES string of the molecule is Cn1cncc1C(=O)N1Cc2ccccc2C[C@H]1C(=O)O. The Bertz CT molecular complexity index is 708. The predicted octanol–water partition coefficient (Wildman–Crippen LogP) is 1.07. The fourth-order valence-corrected chi connectivity index (χ4v) is 2.67. The molecule has 1 aromatic heterocycles. The fourth-order valence-electron chi connectivity index (χ4n) is 2.67. The molecule has 0 bridgehead atoms. The van der Waals surface area contributed by atoms with Crippen molar-refractivity contribution in [3.63, 3.8) is 0 Å². The van der Waals surface area contributed by atoms with E-state index in [9.17, 15) is 14.7 Å². The van der Waals surface area contributed by atoms with Crippen molar-refractivity contribution >= 4 is 11.9 Å². The van der Waals surface area contributed by atoms with E-state index in [1.165, 1.54) is 17.4 Å². The summed E-state index contributed by atoms with van der Waals surface area (Å²) in [7, 11) is 1.72. The molecule has 0 spiro atoms. The Hall–Kier alpha value is -2.63. The van der Waals surface area contributed by atoms with Gasteiger partial charge in [-0.3, -0.25) is 4.79 Å². The molecule has 3 rings (SSSR count). The third-order valence-electron chi connectivity index (χ3n) is 3.83. The summed E-state index contributed by atoms with van der Waals surface area (Å²) in [5, 5.41) is 9.43. The Morgan fingerprint density at radius 1 is 1.29 bits per heavy atom. The van der Waals surface area contributed by atoms with E-state index in [4.69, 9.17) is 0 Å². The number of aromatic nitrogens is 2. The molecular weight excluding hydrogens is 270 g/mol. The summed E-state index contributed by atoms with van der Waals surface area (Å²) in [6.07, 6.45) is 3.32. The minimum absolute atomic E-state index is 0.303. The number of carboxylic acids is 1. The summed E-state index contributed by atoms with van der Waals surface area (Å²) in [4.78, 5) is 29.4. The van der Waals surface area contributed by atoms with Gasteiger partial charge in [-0.2, -0.15) is 0 Å². The lowest BCUT2D eigenvalue weighted by Gasteiger charge is -2.34. The van der Waals surface area contributed by atoms with Gasteiger partial charge in [0.2, 0.25) is 0 Å². The normalized spacial score (nSPS) is 17.4. The van der Waals surface area contributed by atoms with Crippen LogP contribution in [0.1, 0.15) is 21.6 Å². The van der Waals surface area contributed by atoms with Crippen LogP contribution in [0.2, 0.25) is 0 Å². The number of aryl methyl sites for hydroxylation is 1. The van der Waals surface area contributed by atoms with Crippen molar-refractivity contribution in [3.8, 4) is 0 Å². The highest BCUT2D eigenvalue weighted by atomic mass is 16.4. The van der Waals surface area contributed by atoms with Gasteiger partial charge in [0.1, 0.15) is 11.7 Å². The molecule has 6 nitrogen and oxygen atoms in total. The Morgan fingerprint density at radius 2 is 2.00 bits per heavy atom. The van der Waals surface area contributed by atoms with Crippen LogP contribution in [0.5, 0.6) is 0 Å². The highest BCUT2D eigenvalue weighted by Gasteiger charge is 2.35. The largest absolute Gasteiger partial charge is 0.480 e. The smallest absolute Gasteiger partial charge is 0.326 e. The highest BCUT2D eigenvalue weighted by molar-refractivity contribution is 5.95. The standard InChI is InChI=1S/C15H15N3O3/c1-17-9-16-7-13(17)14(19)18-8-11-5-3-2-4-10(11)6-12(18)15(20)21/h2-5,7,9,12H,6,8H2,1H3,(H,20,21)/t12-/m0/s1. The van der Waals surface area contributed by atoms with Gasteiger partial charge in [0, 0.05) is 20.0 Å². The molecule has 108 valence electrons. The Kier molecular flexibility index (Phi) is 3.21. The number of benzene rings is 1. The molecule has 1 aliphatic rings.